The van der Waals surface area contributed by atoms with Gasteiger partial charge in [0.1, 0.15) is 11.9 Å². The van der Waals surface area contributed by atoms with Crippen LogP contribution >= 0.6 is 11.6 Å². The Morgan fingerprint density at radius 2 is 2.06 bits per heavy atom. The van der Waals surface area contributed by atoms with E-state index < -0.39 is 28.6 Å². The van der Waals surface area contributed by atoms with E-state index in [1.165, 1.54) is 0 Å². The molecule has 0 radical (unpaired) electrons. The van der Waals surface area contributed by atoms with Crippen LogP contribution in [0.5, 0.6) is 0 Å². The first-order chi connectivity index (χ1) is 7.95. The Hall–Kier alpha value is -1.24. The van der Waals surface area contributed by atoms with E-state index >= 15 is 0 Å². The molecule has 0 saturated carbocycles. The van der Waals surface area contributed by atoms with Crippen molar-refractivity contribution in [2.24, 2.45) is 0 Å². The first-order valence-corrected chi connectivity index (χ1v) is 5.36. The van der Waals surface area contributed by atoms with Crippen molar-refractivity contribution in [1.29, 1.82) is 0 Å². The van der Waals surface area contributed by atoms with Crippen molar-refractivity contribution in [3.05, 3.63) is 39.7 Å². The lowest BCUT2D eigenvalue weighted by molar-refractivity contribution is -0.385. The summed E-state index contributed by atoms with van der Waals surface area (Å²) in [6.45, 7) is 0. The zero-order valence-corrected chi connectivity index (χ0v) is 9.47. The summed E-state index contributed by atoms with van der Waals surface area (Å²) in [5.74, 6) is -0.721. The lowest BCUT2D eigenvalue weighted by atomic mass is 10.0. The van der Waals surface area contributed by atoms with Gasteiger partial charge in [-0.3, -0.25) is 10.1 Å². The summed E-state index contributed by atoms with van der Waals surface area (Å²) in [6, 6.07) is 2.70. The van der Waals surface area contributed by atoms with Crippen LogP contribution in [0.1, 0.15) is 18.1 Å². The molecule has 0 aliphatic rings. The number of aliphatic hydroxyl groups excluding tert-OH is 2. The highest BCUT2D eigenvalue weighted by Crippen LogP contribution is 2.24. The van der Waals surface area contributed by atoms with Crippen molar-refractivity contribution in [2.45, 2.75) is 18.6 Å². The summed E-state index contributed by atoms with van der Waals surface area (Å²) in [5, 5.41) is 29.6. The second-order valence-electron chi connectivity index (χ2n) is 3.49. The molecule has 0 aliphatic heterocycles. The third kappa shape index (κ3) is 3.62. The number of aliphatic hydroxyl groups is 2. The van der Waals surface area contributed by atoms with Gasteiger partial charge in [-0.1, -0.05) is 0 Å². The Bertz CT molecular complexity index is 415. The molecule has 2 unspecified atom stereocenters. The van der Waals surface area contributed by atoms with Crippen LogP contribution < -0.4 is 0 Å². The van der Waals surface area contributed by atoms with E-state index in [0.717, 1.165) is 18.2 Å². The molecule has 0 aliphatic carbocycles. The molecule has 2 atom stereocenters. The van der Waals surface area contributed by atoms with Crippen molar-refractivity contribution in [1.82, 2.24) is 0 Å². The number of hydrogen-bond donors (Lipinski definition) is 2. The Labute approximate surface area is 102 Å². The number of benzene rings is 1. The Kier molecular flexibility index (Phi) is 4.80. The number of nitro benzene ring substituents is 1. The maximum atomic E-state index is 13.1. The normalized spacial score (nSPS) is 14.4. The smallest absolute Gasteiger partial charge is 0.272 e. The van der Waals surface area contributed by atoms with E-state index in [-0.39, 0.29) is 17.9 Å². The maximum Gasteiger partial charge on any atom is 0.272 e. The molecule has 0 amide bonds. The minimum absolute atomic E-state index is 0.0469. The van der Waals surface area contributed by atoms with Crippen LogP contribution in [-0.2, 0) is 0 Å². The van der Waals surface area contributed by atoms with E-state index in [1.54, 1.807) is 0 Å². The molecule has 7 heteroatoms. The minimum atomic E-state index is -1.40. The Balaban J connectivity index is 3.01. The molecule has 0 heterocycles. The highest BCUT2D eigenvalue weighted by molar-refractivity contribution is 6.17. The molecule has 94 valence electrons. The van der Waals surface area contributed by atoms with Gasteiger partial charge in [0.25, 0.3) is 5.69 Å². The van der Waals surface area contributed by atoms with Crippen molar-refractivity contribution in [3.63, 3.8) is 0 Å². The maximum absolute atomic E-state index is 13.1. The van der Waals surface area contributed by atoms with E-state index in [4.69, 9.17) is 11.6 Å². The topological polar surface area (TPSA) is 83.6 Å². The van der Waals surface area contributed by atoms with Gasteiger partial charge in [-0.05, 0) is 18.1 Å². The zero-order valence-electron chi connectivity index (χ0n) is 8.72. The molecular formula is C10H11ClFNO4. The third-order valence-electron chi connectivity index (χ3n) is 2.23. The number of rotatable bonds is 5. The summed E-state index contributed by atoms with van der Waals surface area (Å²) in [5.41, 5.74) is -0.522. The minimum Gasteiger partial charge on any atom is -0.390 e. The number of hydrogen-bond acceptors (Lipinski definition) is 4. The standard InChI is InChI=1S/C10H11ClFNO4/c11-2-1-9(14)10(15)6-3-7(12)5-8(4-6)13(16)17/h3-5,9-10,14-15H,1-2H2. The largest absolute Gasteiger partial charge is 0.390 e. The first kappa shape index (κ1) is 13.8. The van der Waals surface area contributed by atoms with Crippen LogP contribution in [0.3, 0.4) is 0 Å². The summed E-state index contributed by atoms with van der Waals surface area (Å²) >= 11 is 5.39. The molecule has 5 nitrogen and oxygen atoms in total. The Morgan fingerprint density at radius 1 is 1.41 bits per heavy atom. The van der Waals surface area contributed by atoms with Gasteiger partial charge in [-0.15, -0.1) is 11.6 Å². The number of alkyl halides is 1. The highest BCUT2D eigenvalue weighted by Gasteiger charge is 2.21. The van der Waals surface area contributed by atoms with Gasteiger partial charge in [0.15, 0.2) is 0 Å². The van der Waals surface area contributed by atoms with Crippen LogP contribution in [0.2, 0.25) is 0 Å². The molecule has 0 bridgehead atoms. The van der Waals surface area contributed by atoms with Gasteiger partial charge in [-0.25, -0.2) is 4.39 Å². The van der Waals surface area contributed by atoms with E-state index in [9.17, 15) is 24.7 Å². The summed E-state index contributed by atoms with van der Waals surface area (Å²) < 4.78 is 13.1. The number of non-ortho nitro benzene ring substituents is 1. The molecule has 0 aromatic heterocycles. The predicted molar refractivity (Wildman–Crippen MR) is 59.4 cm³/mol. The van der Waals surface area contributed by atoms with Gasteiger partial charge in [0.2, 0.25) is 0 Å². The predicted octanol–water partition coefficient (Wildman–Crippen LogP) is 1.76. The molecule has 0 saturated heterocycles. The van der Waals surface area contributed by atoms with Crippen LogP contribution in [0, 0.1) is 15.9 Å². The van der Waals surface area contributed by atoms with Crippen molar-refractivity contribution >= 4 is 17.3 Å². The van der Waals surface area contributed by atoms with Crippen LogP contribution in [0.25, 0.3) is 0 Å². The second kappa shape index (κ2) is 5.90. The average Bonchev–Trinajstić information content (AvgIpc) is 2.27. The molecule has 2 N–H and O–H groups in total. The van der Waals surface area contributed by atoms with Gasteiger partial charge >= 0.3 is 0 Å². The van der Waals surface area contributed by atoms with Crippen molar-refractivity contribution in [2.75, 3.05) is 5.88 Å². The van der Waals surface area contributed by atoms with Crippen LogP contribution in [0.15, 0.2) is 18.2 Å². The number of nitro groups is 1. The number of nitrogens with zero attached hydrogens (tertiary/aromatic N) is 1. The molecule has 1 aromatic carbocycles. The quantitative estimate of drug-likeness (QED) is 0.482. The number of halogens is 2. The van der Waals surface area contributed by atoms with Crippen molar-refractivity contribution in [3.8, 4) is 0 Å². The fraction of sp³-hybridized carbons (Fsp3) is 0.400. The lowest BCUT2D eigenvalue weighted by Gasteiger charge is -2.16. The first-order valence-electron chi connectivity index (χ1n) is 4.82. The average molecular weight is 264 g/mol. The molecule has 1 rings (SSSR count). The van der Waals surface area contributed by atoms with Crippen molar-refractivity contribution < 1.29 is 19.5 Å². The molecular weight excluding hydrogens is 253 g/mol. The molecule has 1 aromatic rings. The lowest BCUT2D eigenvalue weighted by Crippen LogP contribution is -2.19. The van der Waals surface area contributed by atoms with E-state index in [2.05, 4.69) is 0 Å². The van der Waals surface area contributed by atoms with Gasteiger partial charge in [0.05, 0.1) is 17.1 Å². The second-order valence-corrected chi connectivity index (χ2v) is 3.87. The third-order valence-corrected chi connectivity index (χ3v) is 2.44. The molecule has 0 spiro atoms. The van der Waals surface area contributed by atoms with Gasteiger partial charge in [0, 0.05) is 11.9 Å². The highest BCUT2D eigenvalue weighted by atomic mass is 35.5. The van der Waals surface area contributed by atoms with Crippen LogP contribution in [-0.4, -0.2) is 27.1 Å². The summed E-state index contributed by atoms with van der Waals surface area (Å²) in [6.07, 6.45) is -2.48. The van der Waals surface area contributed by atoms with E-state index in [1.807, 2.05) is 0 Å². The van der Waals surface area contributed by atoms with Crippen LogP contribution in [0.4, 0.5) is 10.1 Å². The summed E-state index contributed by atoms with van der Waals surface area (Å²) in [7, 11) is 0. The molecule has 17 heavy (non-hydrogen) atoms. The fourth-order valence-corrected chi connectivity index (χ4v) is 1.59. The zero-order chi connectivity index (χ0) is 13.0. The monoisotopic (exact) mass is 263 g/mol. The Morgan fingerprint density at radius 3 is 2.59 bits per heavy atom. The SMILES string of the molecule is O=[N+]([O-])c1cc(F)cc(C(O)C(O)CCCl)c1. The van der Waals surface area contributed by atoms with Gasteiger partial charge < -0.3 is 10.2 Å². The summed E-state index contributed by atoms with van der Waals surface area (Å²) in [4.78, 5) is 9.73. The fourth-order valence-electron chi connectivity index (χ4n) is 1.36. The van der Waals surface area contributed by atoms with E-state index in [0.29, 0.717) is 0 Å². The van der Waals surface area contributed by atoms with Gasteiger partial charge in [-0.2, -0.15) is 0 Å². The molecule has 0 fully saturated rings.